The van der Waals surface area contributed by atoms with E-state index in [0.29, 0.717) is 18.9 Å². The van der Waals surface area contributed by atoms with Crippen molar-refractivity contribution in [3.8, 4) is 0 Å². The fourth-order valence-corrected chi connectivity index (χ4v) is 4.27. The van der Waals surface area contributed by atoms with Gasteiger partial charge in [0.15, 0.2) is 0 Å². The quantitative estimate of drug-likeness (QED) is 0.859. The van der Waals surface area contributed by atoms with Crippen molar-refractivity contribution in [1.29, 1.82) is 0 Å². The smallest absolute Gasteiger partial charge is 0.332 e. The molecule has 5 nitrogen and oxygen atoms in total. The van der Waals surface area contributed by atoms with Crippen LogP contribution >= 0.6 is 0 Å². The molecule has 0 fully saturated rings. The number of carbonyl (C=O) groups is 1. The van der Waals surface area contributed by atoms with E-state index in [4.69, 9.17) is 0 Å². The van der Waals surface area contributed by atoms with E-state index in [0.717, 1.165) is 12.1 Å². The lowest BCUT2D eigenvalue weighted by Gasteiger charge is -2.27. The van der Waals surface area contributed by atoms with Gasteiger partial charge < -0.3 is 5.11 Å². The summed E-state index contributed by atoms with van der Waals surface area (Å²) in [5, 5.41) is 7.93. The van der Waals surface area contributed by atoms with E-state index < -0.39 is 38.6 Å². The lowest BCUT2D eigenvalue weighted by atomic mass is 9.87. The highest BCUT2D eigenvalue weighted by Gasteiger charge is 2.37. The Hall–Kier alpha value is -1.96. The fourth-order valence-electron chi connectivity index (χ4n) is 2.60. The molecule has 0 bridgehead atoms. The van der Waals surface area contributed by atoms with Crippen molar-refractivity contribution < 1.29 is 27.1 Å². The van der Waals surface area contributed by atoms with Gasteiger partial charge in [0.05, 0.1) is 11.3 Å². The van der Waals surface area contributed by atoms with Crippen LogP contribution in [0.15, 0.2) is 29.8 Å². The van der Waals surface area contributed by atoms with Gasteiger partial charge in [-0.15, -0.1) is 0 Å². The monoisotopic (exact) mass is 345 g/mol. The predicted molar refractivity (Wildman–Crippen MR) is 81.4 cm³/mol. The molecule has 2 atom stereocenters. The largest absolute Gasteiger partial charge is 0.478 e. The Morgan fingerprint density at radius 3 is 2.65 bits per heavy atom. The summed E-state index contributed by atoms with van der Waals surface area (Å²) >= 11 is 0. The SMILES string of the molecule is CCC1CC=C(C(=O)O)C(S(=O)(=O)Nc2ccc(F)cc2F)C1. The zero-order valence-corrected chi connectivity index (χ0v) is 13.2. The maximum Gasteiger partial charge on any atom is 0.332 e. The number of hydrogen-bond donors (Lipinski definition) is 2. The normalized spacial score (nSPS) is 21.6. The summed E-state index contributed by atoms with van der Waals surface area (Å²) in [5.74, 6) is -3.16. The topological polar surface area (TPSA) is 83.5 Å². The number of carboxylic acids is 1. The summed E-state index contributed by atoms with van der Waals surface area (Å²) < 4.78 is 53.6. The maximum atomic E-state index is 13.6. The van der Waals surface area contributed by atoms with Crippen molar-refractivity contribution in [2.24, 2.45) is 5.92 Å². The standard InChI is InChI=1S/C15H17F2NO4S/c1-2-9-3-5-11(15(19)20)14(7-9)23(21,22)18-13-6-4-10(16)8-12(13)17/h4-6,8-9,14,18H,2-3,7H2,1H3,(H,19,20). The van der Waals surface area contributed by atoms with E-state index in [1.54, 1.807) is 0 Å². The first-order valence-corrected chi connectivity index (χ1v) is 8.69. The van der Waals surface area contributed by atoms with Gasteiger partial charge in [-0.1, -0.05) is 19.4 Å². The average Bonchev–Trinajstić information content (AvgIpc) is 2.49. The number of nitrogens with one attached hydrogen (secondary N) is 1. The number of hydrogen-bond acceptors (Lipinski definition) is 3. The third kappa shape index (κ3) is 3.87. The Labute approximate surface area is 133 Å². The minimum Gasteiger partial charge on any atom is -0.478 e. The maximum absolute atomic E-state index is 13.6. The molecular weight excluding hydrogens is 328 g/mol. The molecule has 0 saturated carbocycles. The first-order valence-electron chi connectivity index (χ1n) is 7.14. The van der Waals surface area contributed by atoms with Crippen LogP contribution in [0.5, 0.6) is 0 Å². The van der Waals surface area contributed by atoms with Crippen molar-refractivity contribution in [2.75, 3.05) is 4.72 Å². The molecule has 2 unspecified atom stereocenters. The molecule has 1 aliphatic carbocycles. The Balaban J connectivity index is 2.34. The van der Waals surface area contributed by atoms with E-state index >= 15 is 0 Å². The molecular formula is C15H17F2NO4S. The average molecular weight is 345 g/mol. The van der Waals surface area contributed by atoms with E-state index in [2.05, 4.69) is 0 Å². The zero-order chi connectivity index (χ0) is 17.2. The van der Waals surface area contributed by atoms with Crippen molar-refractivity contribution in [3.05, 3.63) is 41.5 Å². The second-order valence-corrected chi connectivity index (χ2v) is 7.33. The highest BCUT2D eigenvalue weighted by molar-refractivity contribution is 7.93. The van der Waals surface area contributed by atoms with Gasteiger partial charge in [-0.3, -0.25) is 4.72 Å². The summed E-state index contributed by atoms with van der Waals surface area (Å²) in [7, 11) is -4.17. The number of anilines is 1. The summed E-state index contributed by atoms with van der Waals surface area (Å²) in [5.41, 5.74) is -0.625. The minimum absolute atomic E-state index is 0.0396. The lowest BCUT2D eigenvalue weighted by molar-refractivity contribution is -0.132. The molecule has 0 amide bonds. The van der Waals surface area contributed by atoms with Crippen LogP contribution in [0.25, 0.3) is 0 Å². The molecule has 1 aromatic rings. The molecule has 126 valence electrons. The van der Waals surface area contributed by atoms with Crippen LogP contribution in [0.2, 0.25) is 0 Å². The molecule has 0 heterocycles. The van der Waals surface area contributed by atoms with Gasteiger partial charge in [-0.05, 0) is 30.9 Å². The van der Waals surface area contributed by atoms with E-state index in [1.807, 2.05) is 11.6 Å². The lowest BCUT2D eigenvalue weighted by Crippen LogP contribution is -2.36. The Morgan fingerprint density at radius 1 is 1.39 bits per heavy atom. The van der Waals surface area contributed by atoms with Crippen molar-refractivity contribution in [2.45, 2.75) is 31.4 Å². The van der Waals surface area contributed by atoms with Gasteiger partial charge >= 0.3 is 5.97 Å². The fraction of sp³-hybridized carbons (Fsp3) is 0.400. The van der Waals surface area contributed by atoms with Crippen LogP contribution in [-0.4, -0.2) is 24.7 Å². The summed E-state index contributed by atoms with van der Waals surface area (Å²) in [4.78, 5) is 11.3. The number of sulfonamides is 1. The van der Waals surface area contributed by atoms with E-state index in [-0.39, 0.29) is 17.9 Å². The molecule has 0 saturated heterocycles. The first kappa shape index (κ1) is 17.4. The highest BCUT2D eigenvalue weighted by atomic mass is 32.2. The zero-order valence-electron chi connectivity index (χ0n) is 12.4. The number of allylic oxidation sites excluding steroid dienone is 1. The molecule has 2 N–H and O–H groups in total. The van der Waals surface area contributed by atoms with Crippen LogP contribution in [0.3, 0.4) is 0 Å². The van der Waals surface area contributed by atoms with Gasteiger partial charge in [0.25, 0.3) is 0 Å². The molecule has 0 spiro atoms. The Kier molecular flexibility index (Phi) is 5.03. The number of carboxylic acid groups (broad SMARTS) is 1. The van der Waals surface area contributed by atoms with Gasteiger partial charge in [0.1, 0.15) is 16.9 Å². The number of rotatable bonds is 5. The van der Waals surface area contributed by atoms with Crippen LogP contribution in [0.4, 0.5) is 14.5 Å². The summed E-state index contributed by atoms with van der Waals surface area (Å²) in [6, 6.07) is 2.44. The van der Waals surface area contributed by atoms with Gasteiger partial charge in [-0.2, -0.15) is 0 Å². The molecule has 1 aliphatic rings. The summed E-state index contributed by atoms with van der Waals surface area (Å²) in [6.45, 7) is 1.89. The molecule has 8 heteroatoms. The number of halogens is 2. The second kappa shape index (κ2) is 6.66. The molecule has 0 aromatic heterocycles. The number of aliphatic carboxylic acids is 1. The van der Waals surface area contributed by atoms with E-state index in [1.165, 1.54) is 6.08 Å². The molecule has 1 aromatic carbocycles. The Bertz CT molecular complexity index is 746. The molecule has 0 radical (unpaired) electrons. The van der Waals surface area contributed by atoms with Crippen LogP contribution in [-0.2, 0) is 14.8 Å². The van der Waals surface area contributed by atoms with Crippen molar-refractivity contribution in [1.82, 2.24) is 0 Å². The minimum atomic E-state index is -4.17. The van der Waals surface area contributed by atoms with Crippen molar-refractivity contribution >= 4 is 21.7 Å². The van der Waals surface area contributed by atoms with Crippen LogP contribution in [0.1, 0.15) is 26.2 Å². The Morgan fingerprint density at radius 2 is 2.09 bits per heavy atom. The second-order valence-electron chi connectivity index (χ2n) is 5.47. The molecule has 23 heavy (non-hydrogen) atoms. The summed E-state index contributed by atoms with van der Waals surface area (Å²) in [6.07, 6.45) is 2.76. The molecule has 0 aliphatic heterocycles. The van der Waals surface area contributed by atoms with E-state index in [9.17, 15) is 27.1 Å². The van der Waals surface area contributed by atoms with Crippen LogP contribution < -0.4 is 4.72 Å². The predicted octanol–water partition coefficient (Wildman–Crippen LogP) is 2.91. The molecule has 2 rings (SSSR count). The van der Waals surface area contributed by atoms with Crippen LogP contribution in [0, 0.1) is 17.6 Å². The van der Waals surface area contributed by atoms with Gasteiger partial charge in [-0.25, -0.2) is 22.0 Å². The van der Waals surface area contributed by atoms with Gasteiger partial charge in [0, 0.05) is 6.07 Å². The highest BCUT2D eigenvalue weighted by Crippen LogP contribution is 2.32. The third-order valence-electron chi connectivity index (χ3n) is 3.95. The van der Waals surface area contributed by atoms with Crippen molar-refractivity contribution in [3.63, 3.8) is 0 Å². The number of benzene rings is 1. The van der Waals surface area contributed by atoms with Gasteiger partial charge in [0.2, 0.25) is 10.0 Å². The third-order valence-corrected chi connectivity index (χ3v) is 5.65. The first-order chi connectivity index (χ1) is 10.7.